The predicted octanol–water partition coefficient (Wildman–Crippen LogP) is 2.99. The highest BCUT2D eigenvalue weighted by Gasteiger charge is 2.24. The Labute approximate surface area is 123 Å². The standard InChI is InChI=1S/C17H18NO3/c19-13-5-6-14(17(21)11-13)12-7-9-18(10-8-12)15-3-1-2-4-16(15)20/h1-3,5-6,11-12,19-21H,7-10H2. The summed E-state index contributed by atoms with van der Waals surface area (Å²) < 4.78 is 0. The number of phenolic OH excluding ortho intramolecular Hbond substituents is 3. The van der Waals surface area contributed by atoms with Crippen molar-refractivity contribution in [2.45, 2.75) is 18.8 Å². The van der Waals surface area contributed by atoms with Crippen LogP contribution in [-0.4, -0.2) is 28.4 Å². The van der Waals surface area contributed by atoms with Crippen LogP contribution in [-0.2, 0) is 0 Å². The summed E-state index contributed by atoms with van der Waals surface area (Å²) in [6.45, 7) is 1.63. The van der Waals surface area contributed by atoms with Crippen molar-refractivity contribution in [3.05, 3.63) is 48.0 Å². The van der Waals surface area contributed by atoms with E-state index in [0.29, 0.717) is 0 Å². The number of aromatic hydroxyl groups is 3. The Hall–Kier alpha value is -2.36. The van der Waals surface area contributed by atoms with Gasteiger partial charge in [0.2, 0.25) is 0 Å². The van der Waals surface area contributed by atoms with E-state index in [4.69, 9.17) is 0 Å². The lowest BCUT2D eigenvalue weighted by Crippen LogP contribution is -2.32. The topological polar surface area (TPSA) is 63.9 Å². The second-order valence-corrected chi connectivity index (χ2v) is 5.41. The Morgan fingerprint density at radius 1 is 1.05 bits per heavy atom. The first-order valence-electron chi connectivity index (χ1n) is 7.11. The Balaban J connectivity index is 1.72. The van der Waals surface area contributed by atoms with E-state index in [1.165, 1.54) is 6.07 Å². The summed E-state index contributed by atoms with van der Waals surface area (Å²) in [4.78, 5) is 2.14. The number of para-hydroxylation sites is 1. The number of phenols is 3. The Morgan fingerprint density at radius 3 is 2.48 bits per heavy atom. The van der Waals surface area contributed by atoms with Crippen LogP contribution >= 0.6 is 0 Å². The highest BCUT2D eigenvalue weighted by molar-refractivity contribution is 5.57. The van der Waals surface area contributed by atoms with E-state index in [0.717, 1.165) is 37.2 Å². The zero-order valence-corrected chi connectivity index (χ0v) is 11.7. The Bertz CT molecular complexity index is 634. The molecule has 1 aliphatic heterocycles. The molecule has 21 heavy (non-hydrogen) atoms. The number of benzene rings is 2. The predicted molar refractivity (Wildman–Crippen MR) is 80.9 cm³/mol. The molecule has 3 N–H and O–H groups in total. The molecule has 0 spiro atoms. The average molecular weight is 284 g/mol. The molecular weight excluding hydrogens is 266 g/mol. The van der Waals surface area contributed by atoms with E-state index in [-0.39, 0.29) is 23.2 Å². The summed E-state index contributed by atoms with van der Waals surface area (Å²) in [6, 6.07) is 13.0. The minimum absolute atomic E-state index is 0.0819. The summed E-state index contributed by atoms with van der Waals surface area (Å²) in [5, 5.41) is 29.2. The van der Waals surface area contributed by atoms with Crippen molar-refractivity contribution in [2.24, 2.45) is 0 Å². The molecule has 4 heteroatoms. The molecule has 0 atom stereocenters. The normalized spacial score (nSPS) is 16.1. The van der Waals surface area contributed by atoms with Crippen LogP contribution in [0.2, 0.25) is 0 Å². The van der Waals surface area contributed by atoms with Gasteiger partial charge in [-0.15, -0.1) is 0 Å². The maximum absolute atomic E-state index is 9.95. The molecule has 3 rings (SSSR count). The van der Waals surface area contributed by atoms with Crippen LogP contribution in [0.15, 0.2) is 36.4 Å². The maximum atomic E-state index is 9.95. The molecule has 1 saturated heterocycles. The fraction of sp³-hybridized carbons (Fsp3) is 0.294. The van der Waals surface area contributed by atoms with Crippen LogP contribution < -0.4 is 4.90 Å². The van der Waals surface area contributed by atoms with Gasteiger partial charge in [-0.1, -0.05) is 18.2 Å². The van der Waals surface area contributed by atoms with E-state index in [1.54, 1.807) is 18.2 Å². The van der Waals surface area contributed by atoms with Crippen molar-refractivity contribution in [2.75, 3.05) is 18.0 Å². The van der Waals surface area contributed by atoms with Gasteiger partial charge in [0.15, 0.2) is 0 Å². The lowest BCUT2D eigenvalue weighted by Gasteiger charge is -2.34. The van der Waals surface area contributed by atoms with Crippen LogP contribution in [0.5, 0.6) is 17.2 Å². The van der Waals surface area contributed by atoms with Gasteiger partial charge < -0.3 is 20.2 Å². The first-order chi connectivity index (χ1) is 10.1. The number of rotatable bonds is 2. The monoisotopic (exact) mass is 284 g/mol. The van der Waals surface area contributed by atoms with Crippen molar-refractivity contribution < 1.29 is 15.3 Å². The molecule has 0 amide bonds. The third kappa shape index (κ3) is 2.75. The zero-order chi connectivity index (χ0) is 14.8. The van der Waals surface area contributed by atoms with Gasteiger partial charge in [-0.05, 0) is 36.5 Å². The van der Waals surface area contributed by atoms with Crippen LogP contribution in [0.3, 0.4) is 0 Å². The molecule has 0 saturated carbocycles. The fourth-order valence-corrected chi connectivity index (χ4v) is 2.98. The van der Waals surface area contributed by atoms with Crippen LogP contribution in [0.1, 0.15) is 24.3 Å². The first-order valence-corrected chi connectivity index (χ1v) is 7.11. The minimum Gasteiger partial charge on any atom is -0.508 e. The minimum atomic E-state index is 0.0819. The van der Waals surface area contributed by atoms with Crippen molar-refractivity contribution in [1.82, 2.24) is 0 Å². The van der Waals surface area contributed by atoms with Gasteiger partial charge in [-0.2, -0.15) is 0 Å². The van der Waals surface area contributed by atoms with Crippen LogP contribution in [0.4, 0.5) is 5.69 Å². The number of piperidine rings is 1. The molecule has 0 bridgehead atoms. The zero-order valence-electron chi connectivity index (χ0n) is 11.7. The van der Waals surface area contributed by atoms with E-state index in [1.807, 2.05) is 12.1 Å². The molecule has 109 valence electrons. The highest BCUT2D eigenvalue weighted by atomic mass is 16.3. The summed E-state index contributed by atoms with van der Waals surface area (Å²) >= 11 is 0. The number of anilines is 1. The molecular formula is C17H18NO3. The van der Waals surface area contributed by atoms with Crippen molar-refractivity contribution >= 4 is 5.69 Å². The quantitative estimate of drug-likeness (QED) is 0.793. The fourth-order valence-electron chi connectivity index (χ4n) is 2.98. The summed E-state index contributed by atoms with van der Waals surface area (Å²) in [5.41, 5.74) is 1.70. The van der Waals surface area contributed by atoms with Crippen molar-refractivity contribution in [3.63, 3.8) is 0 Å². The molecule has 0 aliphatic carbocycles. The van der Waals surface area contributed by atoms with Gasteiger partial charge in [-0.25, -0.2) is 0 Å². The average Bonchev–Trinajstić information content (AvgIpc) is 2.48. The van der Waals surface area contributed by atoms with E-state index in [9.17, 15) is 15.3 Å². The molecule has 2 aromatic rings. The van der Waals surface area contributed by atoms with Crippen LogP contribution in [0.25, 0.3) is 0 Å². The molecule has 0 aromatic heterocycles. The van der Waals surface area contributed by atoms with E-state index >= 15 is 0 Å². The van der Waals surface area contributed by atoms with Crippen LogP contribution in [0, 0.1) is 6.07 Å². The second-order valence-electron chi connectivity index (χ2n) is 5.41. The lowest BCUT2D eigenvalue weighted by atomic mass is 9.88. The first kappa shape index (κ1) is 13.6. The Morgan fingerprint density at radius 2 is 1.81 bits per heavy atom. The van der Waals surface area contributed by atoms with E-state index < -0.39 is 0 Å². The Kier molecular flexibility index (Phi) is 3.60. The molecule has 4 nitrogen and oxygen atoms in total. The van der Waals surface area contributed by atoms with Gasteiger partial charge in [0.1, 0.15) is 17.2 Å². The van der Waals surface area contributed by atoms with Crippen molar-refractivity contribution in [1.29, 1.82) is 0 Å². The molecule has 1 radical (unpaired) electrons. The largest absolute Gasteiger partial charge is 0.508 e. The summed E-state index contributed by atoms with van der Waals surface area (Å²) in [6.07, 6.45) is 1.79. The number of nitrogens with zero attached hydrogens (tertiary/aromatic N) is 1. The van der Waals surface area contributed by atoms with Gasteiger partial charge >= 0.3 is 0 Å². The van der Waals surface area contributed by atoms with E-state index in [2.05, 4.69) is 11.0 Å². The summed E-state index contributed by atoms with van der Waals surface area (Å²) in [5.74, 6) is 0.697. The molecule has 1 fully saturated rings. The molecule has 0 unspecified atom stereocenters. The smallest absolute Gasteiger partial charge is 0.146 e. The SMILES string of the molecule is Oc1ccc(C2CCN(c3ccc[c]c3O)CC2)c(O)c1. The maximum Gasteiger partial charge on any atom is 0.146 e. The van der Waals surface area contributed by atoms with Gasteiger partial charge in [0.05, 0.1) is 5.69 Å². The molecule has 1 heterocycles. The summed E-state index contributed by atoms with van der Waals surface area (Å²) in [7, 11) is 0. The van der Waals surface area contributed by atoms with Crippen molar-refractivity contribution in [3.8, 4) is 17.2 Å². The van der Waals surface area contributed by atoms with Gasteiger partial charge in [0.25, 0.3) is 0 Å². The van der Waals surface area contributed by atoms with Gasteiger partial charge in [-0.3, -0.25) is 0 Å². The lowest BCUT2D eigenvalue weighted by molar-refractivity contribution is 0.426. The molecule has 1 aliphatic rings. The number of hydrogen-bond acceptors (Lipinski definition) is 4. The molecule has 2 aromatic carbocycles. The third-order valence-corrected chi connectivity index (χ3v) is 4.10. The third-order valence-electron chi connectivity index (χ3n) is 4.10. The van der Waals surface area contributed by atoms with Gasteiger partial charge in [0, 0.05) is 25.2 Å². The highest BCUT2D eigenvalue weighted by Crippen LogP contribution is 2.37. The second kappa shape index (κ2) is 5.56. The number of hydrogen-bond donors (Lipinski definition) is 3.